The zero-order chi connectivity index (χ0) is 16.8. The van der Waals surface area contributed by atoms with Crippen LogP contribution in [0.4, 0.5) is 0 Å². The van der Waals surface area contributed by atoms with Gasteiger partial charge in [-0.25, -0.2) is 4.98 Å². The van der Waals surface area contributed by atoms with Gasteiger partial charge in [0.2, 0.25) is 0 Å². The van der Waals surface area contributed by atoms with Crippen LogP contribution in [0.1, 0.15) is 48.5 Å². The van der Waals surface area contributed by atoms with E-state index in [1.165, 1.54) is 12.1 Å². The van der Waals surface area contributed by atoms with E-state index in [9.17, 15) is 9.90 Å². The Morgan fingerprint density at radius 1 is 1.39 bits per heavy atom. The smallest absolute Gasteiger partial charge is 0.254 e. The van der Waals surface area contributed by atoms with Crippen molar-refractivity contribution >= 4 is 17.5 Å². The number of oxazole rings is 1. The Balaban J connectivity index is 1.82. The minimum Gasteiger partial charge on any atom is -0.506 e. The Labute approximate surface area is 139 Å². The first-order valence-corrected chi connectivity index (χ1v) is 7.90. The summed E-state index contributed by atoms with van der Waals surface area (Å²) in [6.45, 7) is 7.11. The van der Waals surface area contributed by atoms with E-state index in [0.717, 1.165) is 11.5 Å². The number of aromatic nitrogens is 1. The first kappa shape index (κ1) is 15.9. The predicted molar refractivity (Wildman–Crippen MR) is 86.8 cm³/mol. The highest BCUT2D eigenvalue weighted by Crippen LogP contribution is 2.29. The maximum atomic E-state index is 12.6. The first-order chi connectivity index (χ1) is 10.8. The predicted octanol–water partition coefficient (Wildman–Crippen LogP) is 3.53. The molecular formula is C17H19ClN2O3. The lowest BCUT2D eigenvalue weighted by Gasteiger charge is -2.25. The Kier molecular flexibility index (Phi) is 3.84. The van der Waals surface area contributed by atoms with Crippen LogP contribution in [0.5, 0.6) is 5.75 Å². The van der Waals surface area contributed by atoms with Crippen molar-refractivity contribution in [1.82, 2.24) is 9.88 Å². The van der Waals surface area contributed by atoms with E-state index in [2.05, 4.69) is 4.98 Å². The van der Waals surface area contributed by atoms with Gasteiger partial charge in [-0.3, -0.25) is 4.79 Å². The van der Waals surface area contributed by atoms with Crippen LogP contribution in [-0.2, 0) is 18.4 Å². The number of carbonyl (C=O) groups excluding carboxylic acids is 1. The molecule has 0 bridgehead atoms. The lowest BCUT2D eigenvalue weighted by molar-refractivity contribution is 0.0727. The lowest BCUT2D eigenvalue weighted by atomic mass is 9.97. The number of nitrogens with zero attached hydrogens (tertiary/aromatic N) is 2. The molecule has 1 aromatic heterocycles. The molecule has 1 N–H and O–H groups in total. The van der Waals surface area contributed by atoms with Crippen LogP contribution in [0.15, 0.2) is 22.6 Å². The van der Waals surface area contributed by atoms with Gasteiger partial charge in [0, 0.05) is 23.9 Å². The van der Waals surface area contributed by atoms with Crippen molar-refractivity contribution in [2.24, 2.45) is 0 Å². The number of phenols is 1. The summed E-state index contributed by atoms with van der Waals surface area (Å²) in [5, 5.41) is 9.90. The minimum atomic E-state index is -0.159. The van der Waals surface area contributed by atoms with Crippen LogP contribution in [0.2, 0.25) is 5.02 Å². The van der Waals surface area contributed by atoms with Gasteiger partial charge < -0.3 is 14.4 Å². The van der Waals surface area contributed by atoms with E-state index in [-0.39, 0.29) is 22.1 Å². The summed E-state index contributed by atoms with van der Waals surface area (Å²) in [4.78, 5) is 18.8. The molecule has 1 aromatic carbocycles. The fourth-order valence-electron chi connectivity index (χ4n) is 2.52. The summed E-state index contributed by atoms with van der Waals surface area (Å²) in [7, 11) is 0. The van der Waals surface area contributed by atoms with Crippen LogP contribution in [0.25, 0.3) is 0 Å². The molecular weight excluding hydrogens is 316 g/mol. The van der Waals surface area contributed by atoms with Crippen LogP contribution in [0, 0.1) is 0 Å². The van der Waals surface area contributed by atoms with Crippen molar-refractivity contribution in [3.8, 4) is 5.75 Å². The highest BCUT2D eigenvalue weighted by molar-refractivity contribution is 6.32. The third-order valence-corrected chi connectivity index (χ3v) is 4.17. The molecule has 5 nitrogen and oxygen atoms in total. The number of amides is 1. The van der Waals surface area contributed by atoms with E-state index in [4.69, 9.17) is 16.0 Å². The highest BCUT2D eigenvalue weighted by Gasteiger charge is 2.29. The Morgan fingerprint density at radius 2 is 2.13 bits per heavy atom. The molecule has 0 aliphatic carbocycles. The van der Waals surface area contributed by atoms with Gasteiger partial charge >= 0.3 is 0 Å². The van der Waals surface area contributed by atoms with Gasteiger partial charge in [0.1, 0.15) is 17.2 Å². The van der Waals surface area contributed by atoms with Crippen LogP contribution in [0.3, 0.4) is 0 Å². The minimum absolute atomic E-state index is 0.0910. The molecule has 1 aliphatic heterocycles. The molecule has 0 saturated heterocycles. The maximum absolute atomic E-state index is 12.6. The molecule has 2 heterocycles. The zero-order valence-corrected chi connectivity index (χ0v) is 14.1. The van der Waals surface area contributed by atoms with Crippen molar-refractivity contribution in [1.29, 1.82) is 0 Å². The molecule has 0 fully saturated rings. The summed E-state index contributed by atoms with van der Waals surface area (Å²) < 4.78 is 5.83. The second-order valence-corrected chi connectivity index (χ2v) is 7.19. The molecule has 23 heavy (non-hydrogen) atoms. The molecule has 6 heteroatoms. The van der Waals surface area contributed by atoms with Gasteiger partial charge in [0.05, 0.1) is 11.6 Å². The van der Waals surface area contributed by atoms with E-state index in [0.29, 0.717) is 31.0 Å². The number of fused-ring (bicyclic) bond motifs is 1. The number of aromatic hydroxyl groups is 1. The van der Waals surface area contributed by atoms with Gasteiger partial charge in [-0.05, 0) is 18.2 Å². The molecule has 0 spiro atoms. The van der Waals surface area contributed by atoms with Crippen LogP contribution in [-0.4, -0.2) is 27.4 Å². The van der Waals surface area contributed by atoms with Crippen molar-refractivity contribution in [2.45, 2.75) is 39.2 Å². The SMILES string of the molecule is CC(C)(C)c1nc2c(o1)CCN(C(=O)c1ccc(Cl)c(O)c1)C2. The zero-order valence-electron chi connectivity index (χ0n) is 13.4. The first-order valence-electron chi connectivity index (χ1n) is 7.52. The quantitative estimate of drug-likeness (QED) is 0.866. The topological polar surface area (TPSA) is 66.6 Å². The van der Waals surface area contributed by atoms with Crippen LogP contribution < -0.4 is 0 Å². The van der Waals surface area contributed by atoms with E-state index >= 15 is 0 Å². The molecule has 122 valence electrons. The average molecular weight is 335 g/mol. The summed E-state index contributed by atoms with van der Waals surface area (Å²) in [6, 6.07) is 4.53. The number of hydrogen-bond donors (Lipinski definition) is 1. The molecule has 1 amide bonds. The normalized spacial score (nSPS) is 14.7. The monoisotopic (exact) mass is 334 g/mol. The second kappa shape index (κ2) is 5.57. The number of rotatable bonds is 1. The third kappa shape index (κ3) is 3.06. The molecule has 1 aliphatic rings. The van der Waals surface area contributed by atoms with E-state index < -0.39 is 0 Å². The van der Waals surface area contributed by atoms with Crippen molar-refractivity contribution in [3.63, 3.8) is 0 Å². The largest absolute Gasteiger partial charge is 0.506 e. The number of benzene rings is 1. The van der Waals surface area contributed by atoms with Gasteiger partial charge in [-0.15, -0.1) is 0 Å². The maximum Gasteiger partial charge on any atom is 0.254 e. The molecule has 3 rings (SSSR count). The molecule has 0 unspecified atom stereocenters. The van der Waals surface area contributed by atoms with E-state index in [1.54, 1.807) is 11.0 Å². The summed E-state index contributed by atoms with van der Waals surface area (Å²) in [6.07, 6.45) is 0.643. The molecule has 0 radical (unpaired) electrons. The van der Waals surface area contributed by atoms with Crippen molar-refractivity contribution in [3.05, 3.63) is 46.1 Å². The Morgan fingerprint density at radius 3 is 2.78 bits per heavy atom. The Hall–Kier alpha value is -2.01. The molecule has 2 aromatic rings. The number of carbonyl (C=O) groups is 1. The summed E-state index contributed by atoms with van der Waals surface area (Å²) in [5.74, 6) is 1.31. The molecule has 0 saturated carbocycles. The number of hydrogen-bond acceptors (Lipinski definition) is 4. The second-order valence-electron chi connectivity index (χ2n) is 6.78. The third-order valence-electron chi connectivity index (χ3n) is 3.85. The fraction of sp³-hybridized carbons (Fsp3) is 0.412. The van der Waals surface area contributed by atoms with E-state index in [1.807, 2.05) is 20.8 Å². The van der Waals surface area contributed by atoms with Gasteiger partial charge in [-0.2, -0.15) is 0 Å². The molecule has 0 atom stereocenters. The van der Waals surface area contributed by atoms with Crippen molar-refractivity contribution < 1.29 is 14.3 Å². The average Bonchev–Trinajstić information content (AvgIpc) is 2.92. The number of phenolic OH excluding ortho intramolecular Hbond substituents is 1. The Bertz CT molecular complexity index is 762. The standard InChI is InChI=1S/C17H19ClN2O3/c1-17(2,3)16-19-12-9-20(7-6-14(12)23-16)15(22)10-4-5-11(18)13(21)8-10/h4-5,8,21H,6-7,9H2,1-3H3. The van der Waals surface area contributed by atoms with Gasteiger partial charge in [0.15, 0.2) is 5.89 Å². The summed E-state index contributed by atoms with van der Waals surface area (Å²) >= 11 is 5.79. The van der Waals surface area contributed by atoms with Gasteiger partial charge in [0.25, 0.3) is 5.91 Å². The van der Waals surface area contributed by atoms with Gasteiger partial charge in [-0.1, -0.05) is 32.4 Å². The van der Waals surface area contributed by atoms with Crippen molar-refractivity contribution in [2.75, 3.05) is 6.54 Å². The fourth-order valence-corrected chi connectivity index (χ4v) is 2.64. The highest BCUT2D eigenvalue weighted by atomic mass is 35.5. The lowest BCUT2D eigenvalue weighted by Crippen LogP contribution is -2.35. The van der Waals surface area contributed by atoms with Crippen LogP contribution >= 0.6 is 11.6 Å². The summed E-state index contributed by atoms with van der Waals surface area (Å²) in [5.41, 5.74) is 1.07. The number of halogens is 1.